The van der Waals surface area contributed by atoms with Gasteiger partial charge in [-0.2, -0.15) is 0 Å². The number of nitrogens with zero attached hydrogens (tertiary/aromatic N) is 1. The number of hydrogen-bond donors (Lipinski definition) is 1. The van der Waals surface area contributed by atoms with Crippen molar-refractivity contribution >= 4 is 18.5 Å². The molecule has 0 unspecified atom stereocenters. The van der Waals surface area contributed by atoms with E-state index in [1.807, 2.05) is 6.08 Å². The minimum Gasteiger partial charge on any atom is -0.342 e. The number of thiol groups is 1. The van der Waals surface area contributed by atoms with Crippen molar-refractivity contribution in [3.8, 4) is 0 Å². The Hall–Kier alpha value is -1.29. The zero-order valence-corrected chi connectivity index (χ0v) is 10.7. The average molecular weight is 253 g/mol. The molecule has 0 radical (unpaired) electrons. The first-order chi connectivity index (χ1) is 8.06. The molecule has 0 fully saturated rings. The Kier molecular flexibility index (Phi) is 5.22. The van der Waals surface area contributed by atoms with Gasteiger partial charge in [-0.15, -0.1) is 19.2 Å². The predicted octanol–water partition coefficient (Wildman–Crippen LogP) is 3.15. The topological polar surface area (TPSA) is 20.3 Å². The minimum absolute atomic E-state index is 0.121. The van der Waals surface area contributed by atoms with Crippen LogP contribution in [0, 0.1) is 5.82 Å². The molecule has 1 amide bonds. The number of hydrogen-bond acceptors (Lipinski definition) is 2. The van der Waals surface area contributed by atoms with Crippen molar-refractivity contribution in [1.82, 2.24) is 4.90 Å². The zero-order chi connectivity index (χ0) is 12.8. The Morgan fingerprint density at radius 3 is 2.88 bits per heavy atom. The molecule has 1 aromatic rings. The van der Waals surface area contributed by atoms with Crippen LogP contribution in [-0.4, -0.2) is 24.4 Å². The average Bonchev–Trinajstić information content (AvgIpc) is 2.32. The van der Waals surface area contributed by atoms with Gasteiger partial charge in [-0.3, -0.25) is 4.79 Å². The summed E-state index contributed by atoms with van der Waals surface area (Å²) in [6.45, 7) is 4.28. The van der Waals surface area contributed by atoms with Crippen LogP contribution in [-0.2, 0) is 0 Å². The lowest BCUT2D eigenvalue weighted by atomic mass is 10.2. The number of unbranched alkanes of at least 4 members (excludes halogenated alkanes) is 1. The number of benzene rings is 1. The van der Waals surface area contributed by atoms with Crippen LogP contribution in [0.4, 0.5) is 4.39 Å². The molecule has 0 N–H and O–H groups in total. The van der Waals surface area contributed by atoms with Crippen LogP contribution < -0.4 is 0 Å². The lowest BCUT2D eigenvalue weighted by molar-refractivity contribution is 0.0793. The first-order valence-electron chi connectivity index (χ1n) is 5.41. The van der Waals surface area contributed by atoms with E-state index in [1.165, 1.54) is 18.2 Å². The quantitative estimate of drug-likeness (QED) is 0.485. The molecule has 0 aliphatic carbocycles. The van der Waals surface area contributed by atoms with Gasteiger partial charge < -0.3 is 4.90 Å². The van der Waals surface area contributed by atoms with Crippen LogP contribution in [0.15, 0.2) is 35.7 Å². The van der Waals surface area contributed by atoms with Crippen LogP contribution in [0.5, 0.6) is 0 Å². The minimum atomic E-state index is -0.417. The molecule has 0 atom stereocenters. The molecule has 0 heterocycles. The van der Waals surface area contributed by atoms with Crippen molar-refractivity contribution in [3.63, 3.8) is 0 Å². The Morgan fingerprint density at radius 1 is 1.59 bits per heavy atom. The fourth-order valence-corrected chi connectivity index (χ4v) is 1.65. The summed E-state index contributed by atoms with van der Waals surface area (Å²) in [4.78, 5) is 13.8. The van der Waals surface area contributed by atoms with Crippen molar-refractivity contribution in [3.05, 3.63) is 42.2 Å². The second kappa shape index (κ2) is 6.45. The van der Waals surface area contributed by atoms with E-state index in [9.17, 15) is 9.18 Å². The van der Waals surface area contributed by atoms with E-state index in [0.29, 0.717) is 12.1 Å². The Bertz CT molecular complexity index is 420. The van der Waals surface area contributed by atoms with Crippen molar-refractivity contribution < 1.29 is 9.18 Å². The first kappa shape index (κ1) is 13.8. The highest BCUT2D eigenvalue weighted by Crippen LogP contribution is 2.15. The fourth-order valence-electron chi connectivity index (χ4n) is 1.44. The fraction of sp³-hybridized carbons (Fsp3) is 0.308. The number of allylic oxidation sites excluding steroid dienone is 1. The standard InChI is InChI=1S/C13H16FNOS/c1-3-4-5-8-15(2)13(16)10-6-7-11(14)12(17)9-10/h3,6-7,9,17H,1,4-5,8H2,2H3. The summed E-state index contributed by atoms with van der Waals surface area (Å²) in [7, 11) is 1.73. The third-order valence-corrected chi connectivity index (χ3v) is 2.78. The van der Waals surface area contributed by atoms with E-state index in [1.54, 1.807) is 11.9 Å². The maximum atomic E-state index is 13.0. The summed E-state index contributed by atoms with van der Waals surface area (Å²) in [6, 6.07) is 4.18. The van der Waals surface area contributed by atoms with Crippen molar-refractivity contribution in [2.45, 2.75) is 17.7 Å². The van der Waals surface area contributed by atoms with Gasteiger partial charge in [0.2, 0.25) is 0 Å². The van der Waals surface area contributed by atoms with Gasteiger partial charge in [0, 0.05) is 24.1 Å². The Morgan fingerprint density at radius 2 is 2.29 bits per heavy atom. The SMILES string of the molecule is C=CCCCN(C)C(=O)c1ccc(F)c(S)c1. The molecule has 0 aromatic heterocycles. The molecule has 0 saturated heterocycles. The molecule has 0 aliphatic heterocycles. The number of rotatable bonds is 5. The Balaban J connectivity index is 2.68. The molecule has 1 aromatic carbocycles. The van der Waals surface area contributed by atoms with Gasteiger partial charge in [0.1, 0.15) is 5.82 Å². The van der Waals surface area contributed by atoms with Crippen LogP contribution in [0.1, 0.15) is 23.2 Å². The third-order valence-electron chi connectivity index (χ3n) is 2.44. The highest BCUT2D eigenvalue weighted by atomic mass is 32.1. The van der Waals surface area contributed by atoms with Crippen molar-refractivity contribution in [1.29, 1.82) is 0 Å². The summed E-state index contributed by atoms with van der Waals surface area (Å²) < 4.78 is 13.0. The number of halogens is 1. The van der Waals surface area contributed by atoms with E-state index in [4.69, 9.17) is 0 Å². The number of carbonyl (C=O) groups is 1. The van der Waals surface area contributed by atoms with Gasteiger partial charge >= 0.3 is 0 Å². The zero-order valence-electron chi connectivity index (χ0n) is 9.82. The van der Waals surface area contributed by atoms with E-state index in [0.717, 1.165) is 12.8 Å². The summed E-state index contributed by atoms with van der Waals surface area (Å²) in [5.41, 5.74) is 0.456. The smallest absolute Gasteiger partial charge is 0.253 e. The maximum Gasteiger partial charge on any atom is 0.253 e. The normalized spacial score (nSPS) is 10.1. The summed E-state index contributed by atoms with van der Waals surface area (Å²) in [6.07, 6.45) is 3.57. The molecule has 0 aliphatic rings. The van der Waals surface area contributed by atoms with Crippen LogP contribution in [0.25, 0.3) is 0 Å². The second-order valence-corrected chi connectivity index (χ2v) is 4.31. The molecule has 0 saturated carbocycles. The second-order valence-electron chi connectivity index (χ2n) is 3.82. The highest BCUT2D eigenvalue weighted by molar-refractivity contribution is 7.80. The van der Waals surface area contributed by atoms with Gasteiger partial charge in [0.15, 0.2) is 0 Å². The lowest BCUT2D eigenvalue weighted by Crippen LogP contribution is -2.27. The highest BCUT2D eigenvalue weighted by Gasteiger charge is 2.12. The van der Waals surface area contributed by atoms with E-state index in [-0.39, 0.29) is 10.8 Å². The van der Waals surface area contributed by atoms with Gasteiger partial charge in [0.05, 0.1) is 0 Å². The molecule has 4 heteroatoms. The van der Waals surface area contributed by atoms with Crippen molar-refractivity contribution in [2.24, 2.45) is 0 Å². The predicted molar refractivity (Wildman–Crippen MR) is 70.0 cm³/mol. The van der Waals surface area contributed by atoms with Crippen molar-refractivity contribution in [2.75, 3.05) is 13.6 Å². The molecule has 17 heavy (non-hydrogen) atoms. The van der Waals surface area contributed by atoms with E-state index < -0.39 is 5.82 Å². The first-order valence-corrected chi connectivity index (χ1v) is 5.86. The van der Waals surface area contributed by atoms with Crippen LogP contribution in [0.2, 0.25) is 0 Å². The van der Waals surface area contributed by atoms with Gasteiger partial charge in [-0.1, -0.05) is 6.08 Å². The van der Waals surface area contributed by atoms with E-state index in [2.05, 4.69) is 19.2 Å². The monoisotopic (exact) mass is 253 g/mol. The molecule has 2 nitrogen and oxygen atoms in total. The lowest BCUT2D eigenvalue weighted by Gasteiger charge is -2.16. The largest absolute Gasteiger partial charge is 0.342 e. The van der Waals surface area contributed by atoms with Gasteiger partial charge in [0.25, 0.3) is 5.91 Å². The van der Waals surface area contributed by atoms with Gasteiger partial charge in [-0.25, -0.2) is 4.39 Å². The number of amides is 1. The maximum absolute atomic E-state index is 13.0. The van der Waals surface area contributed by atoms with Gasteiger partial charge in [-0.05, 0) is 31.0 Å². The molecular formula is C13H16FNOS. The summed E-state index contributed by atoms with van der Waals surface area (Å²) in [5, 5.41) is 0. The molecule has 92 valence electrons. The molecule has 0 spiro atoms. The molecule has 0 bridgehead atoms. The number of carbonyl (C=O) groups excluding carboxylic acids is 1. The molecule has 1 rings (SSSR count). The third kappa shape index (κ3) is 3.89. The molecular weight excluding hydrogens is 237 g/mol. The van der Waals surface area contributed by atoms with Crippen LogP contribution >= 0.6 is 12.6 Å². The summed E-state index contributed by atoms with van der Waals surface area (Å²) in [5.74, 6) is -0.538. The summed E-state index contributed by atoms with van der Waals surface area (Å²) >= 11 is 3.96. The van der Waals surface area contributed by atoms with E-state index >= 15 is 0 Å². The van der Waals surface area contributed by atoms with Crippen LogP contribution in [0.3, 0.4) is 0 Å². The Labute approximate surface area is 107 Å².